The quantitative estimate of drug-likeness (QED) is 0.350. The molecule has 0 aliphatic rings. The van der Waals surface area contributed by atoms with Gasteiger partial charge in [0.2, 0.25) is 0 Å². The fourth-order valence-electron chi connectivity index (χ4n) is 2.11. The topological polar surface area (TPSA) is 54.9 Å². The van der Waals surface area contributed by atoms with Crippen LogP contribution in [0.25, 0.3) is 0 Å². The molecule has 0 saturated heterocycles. The molecule has 0 aliphatic heterocycles. The minimum absolute atomic E-state index is 0.674. The second kappa shape index (κ2) is 13.8. The molecule has 5 heteroatoms. The molecule has 0 fully saturated rings. The van der Waals surface area contributed by atoms with Crippen molar-refractivity contribution < 1.29 is 9.47 Å². The highest BCUT2D eigenvalue weighted by atomic mass is 16.5. The van der Waals surface area contributed by atoms with Crippen molar-refractivity contribution >= 4 is 5.96 Å². The van der Waals surface area contributed by atoms with Crippen molar-refractivity contribution in [1.29, 1.82) is 0 Å². The summed E-state index contributed by atoms with van der Waals surface area (Å²) in [5, 5.41) is 6.64. The Labute approximate surface area is 146 Å². The first kappa shape index (κ1) is 20.5. The van der Waals surface area contributed by atoms with Crippen LogP contribution in [-0.4, -0.2) is 39.4 Å². The fourth-order valence-corrected chi connectivity index (χ4v) is 2.11. The summed E-state index contributed by atoms with van der Waals surface area (Å²) in [6, 6.07) is 8.46. The van der Waals surface area contributed by atoms with Gasteiger partial charge in [-0.2, -0.15) is 0 Å². The first-order valence-electron chi connectivity index (χ1n) is 8.98. The Morgan fingerprint density at radius 3 is 2.33 bits per heavy atom. The van der Waals surface area contributed by atoms with E-state index >= 15 is 0 Å². The lowest BCUT2D eigenvalue weighted by molar-refractivity contribution is 0.129. The molecule has 1 aromatic rings. The van der Waals surface area contributed by atoms with Gasteiger partial charge in [0, 0.05) is 40.0 Å². The highest BCUT2D eigenvalue weighted by Crippen LogP contribution is 2.05. The summed E-state index contributed by atoms with van der Waals surface area (Å²) in [4.78, 5) is 4.24. The van der Waals surface area contributed by atoms with E-state index in [1.165, 1.54) is 17.5 Å². The Hall–Kier alpha value is -1.59. The third-order valence-electron chi connectivity index (χ3n) is 3.58. The Morgan fingerprint density at radius 1 is 0.958 bits per heavy atom. The van der Waals surface area contributed by atoms with Gasteiger partial charge in [-0.3, -0.25) is 4.99 Å². The third kappa shape index (κ3) is 9.53. The highest BCUT2D eigenvalue weighted by Gasteiger charge is 1.99. The molecular formula is C19H33N3O2. The summed E-state index contributed by atoms with van der Waals surface area (Å²) >= 11 is 0. The molecule has 0 atom stereocenters. The number of nitrogens with zero attached hydrogens (tertiary/aromatic N) is 1. The molecule has 136 valence electrons. The van der Waals surface area contributed by atoms with E-state index in [0.29, 0.717) is 6.61 Å². The number of rotatable bonds is 12. The van der Waals surface area contributed by atoms with Crippen LogP contribution >= 0.6 is 0 Å². The average molecular weight is 335 g/mol. The summed E-state index contributed by atoms with van der Waals surface area (Å²) in [6.07, 6.45) is 3.30. The van der Waals surface area contributed by atoms with Gasteiger partial charge in [-0.25, -0.2) is 0 Å². The largest absolute Gasteiger partial charge is 0.381 e. The normalized spacial score (nSPS) is 11.5. The summed E-state index contributed by atoms with van der Waals surface area (Å²) in [5.41, 5.74) is 2.42. The fraction of sp³-hybridized carbons (Fsp3) is 0.632. The van der Waals surface area contributed by atoms with Gasteiger partial charge < -0.3 is 20.1 Å². The molecule has 0 heterocycles. The molecular weight excluding hydrogens is 302 g/mol. The third-order valence-corrected chi connectivity index (χ3v) is 3.58. The zero-order chi connectivity index (χ0) is 17.5. The monoisotopic (exact) mass is 335 g/mol. The number of nitrogens with one attached hydrogen (secondary N) is 2. The number of benzene rings is 1. The van der Waals surface area contributed by atoms with Crippen LogP contribution in [-0.2, 0) is 22.6 Å². The van der Waals surface area contributed by atoms with Gasteiger partial charge in [0.05, 0.1) is 6.61 Å². The molecule has 0 radical (unpaired) electrons. The standard InChI is InChI=1S/C19H33N3O2/c1-4-6-13-24-14-7-12-21-19(20-3)22-15-17-8-10-18(11-9-17)16-23-5-2/h8-11H,4-7,12-16H2,1-3H3,(H2,20,21,22). The SMILES string of the molecule is CCCCOCCCNC(=NC)NCc1ccc(COCC)cc1. The van der Waals surface area contributed by atoms with Gasteiger partial charge in [-0.1, -0.05) is 37.6 Å². The van der Waals surface area contributed by atoms with E-state index in [4.69, 9.17) is 9.47 Å². The van der Waals surface area contributed by atoms with Crippen molar-refractivity contribution in [3.8, 4) is 0 Å². The molecule has 0 saturated carbocycles. The van der Waals surface area contributed by atoms with Crippen LogP contribution in [0.15, 0.2) is 29.3 Å². The lowest BCUT2D eigenvalue weighted by Gasteiger charge is -2.12. The van der Waals surface area contributed by atoms with Crippen LogP contribution in [0.3, 0.4) is 0 Å². The Kier molecular flexibility index (Phi) is 11.8. The van der Waals surface area contributed by atoms with Gasteiger partial charge in [0.25, 0.3) is 0 Å². The molecule has 0 unspecified atom stereocenters. The van der Waals surface area contributed by atoms with Crippen molar-refractivity contribution in [2.75, 3.05) is 33.4 Å². The number of hydrogen-bond donors (Lipinski definition) is 2. The Balaban J connectivity index is 2.19. The summed E-state index contributed by atoms with van der Waals surface area (Å²) in [6.45, 7) is 8.87. The van der Waals surface area contributed by atoms with Crippen molar-refractivity contribution in [1.82, 2.24) is 10.6 Å². The minimum atomic E-state index is 0.674. The van der Waals surface area contributed by atoms with Crippen molar-refractivity contribution in [3.63, 3.8) is 0 Å². The molecule has 0 aliphatic carbocycles. The number of aliphatic imine (C=N–C) groups is 1. The first-order valence-corrected chi connectivity index (χ1v) is 8.98. The van der Waals surface area contributed by atoms with Gasteiger partial charge in [-0.15, -0.1) is 0 Å². The van der Waals surface area contributed by atoms with Crippen LogP contribution in [0.2, 0.25) is 0 Å². The summed E-state index contributed by atoms with van der Waals surface area (Å²) in [5.74, 6) is 0.821. The zero-order valence-corrected chi connectivity index (χ0v) is 15.4. The molecule has 5 nitrogen and oxygen atoms in total. The Bertz CT molecular complexity index is 446. The highest BCUT2D eigenvalue weighted by molar-refractivity contribution is 5.79. The maximum absolute atomic E-state index is 5.55. The molecule has 0 aromatic heterocycles. The number of ether oxygens (including phenoxy) is 2. The van der Waals surface area contributed by atoms with Gasteiger partial charge in [0.15, 0.2) is 5.96 Å². The lowest BCUT2D eigenvalue weighted by atomic mass is 10.1. The second-order valence-electron chi connectivity index (χ2n) is 5.63. The summed E-state index contributed by atoms with van der Waals surface area (Å²) in [7, 11) is 1.79. The molecule has 1 rings (SSSR count). The van der Waals surface area contributed by atoms with E-state index in [0.717, 1.165) is 51.7 Å². The van der Waals surface area contributed by atoms with E-state index in [1.54, 1.807) is 7.05 Å². The van der Waals surface area contributed by atoms with Crippen LogP contribution < -0.4 is 10.6 Å². The smallest absolute Gasteiger partial charge is 0.191 e. The summed E-state index contributed by atoms with van der Waals surface area (Å²) < 4.78 is 11.0. The predicted molar refractivity (Wildman–Crippen MR) is 100 cm³/mol. The molecule has 1 aromatic carbocycles. The Morgan fingerprint density at radius 2 is 1.67 bits per heavy atom. The van der Waals surface area contributed by atoms with E-state index in [9.17, 15) is 0 Å². The zero-order valence-electron chi connectivity index (χ0n) is 15.4. The number of hydrogen-bond acceptors (Lipinski definition) is 3. The first-order chi connectivity index (χ1) is 11.8. The van der Waals surface area contributed by atoms with Gasteiger partial charge >= 0.3 is 0 Å². The van der Waals surface area contributed by atoms with Crippen molar-refractivity contribution in [3.05, 3.63) is 35.4 Å². The van der Waals surface area contributed by atoms with Crippen LogP contribution in [0.4, 0.5) is 0 Å². The molecule has 0 amide bonds. The number of unbranched alkanes of at least 4 members (excludes halogenated alkanes) is 1. The number of guanidine groups is 1. The predicted octanol–water partition coefficient (Wildman–Crippen LogP) is 3.09. The van der Waals surface area contributed by atoms with Crippen LogP contribution in [0, 0.1) is 0 Å². The average Bonchev–Trinajstić information content (AvgIpc) is 2.62. The van der Waals surface area contributed by atoms with Crippen molar-refractivity contribution in [2.24, 2.45) is 4.99 Å². The van der Waals surface area contributed by atoms with Crippen molar-refractivity contribution in [2.45, 2.75) is 46.3 Å². The van der Waals surface area contributed by atoms with Crippen LogP contribution in [0.5, 0.6) is 0 Å². The van der Waals surface area contributed by atoms with E-state index in [-0.39, 0.29) is 0 Å². The minimum Gasteiger partial charge on any atom is -0.381 e. The molecule has 24 heavy (non-hydrogen) atoms. The second-order valence-corrected chi connectivity index (χ2v) is 5.63. The maximum Gasteiger partial charge on any atom is 0.191 e. The van der Waals surface area contributed by atoms with Gasteiger partial charge in [0.1, 0.15) is 0 Å². The van der Waals surface area contributed by atoms with E-state index < -0.39 is 0 Å². The van der Waals surface area contributed by atoms with E-state index in [2.05, 4.69) is 46.8 Å². The maximum atomic E-state index is 5.55. The molecule has 0 bridgehead atoms. The lowest BCUT2D eigenvalue weighted by Crippen LogP contribution is -2.37. The molecule has 2 N–H and O–H groups in total. The van der Waals surface area contributed by atoms with E-state index in [1.807, 2.05) is 6.92 Å². The van der Waals surface area contributed by atoms with Crippen LogP contribution in [0.1, 0.15) is 44.2 Å². The molecule has 0 spiro atoms. The van der Waals surface area contributed by atoms with Gasteiger partial charge in [-0.05, 0) is 30.9 Å².